The molecule has 2 aliphatic heterocycles. The van der Waals surface area contributed by atoms with Gasteiger partial charge in [0.25, 0.3) is 11.8 Å². The molecule has 0 bridgehead atoms. The Morgan fingerprint density at radius 1 is 1.12 bits per heavy atom. The summed E-state index contributed by atoms with van der Waals surface area (Å²) in [5.41, 5.74) is 2.41. The SMILES string of the molecule is O=C(NCCCC1CCN(C(=O)c2ccccc2Cl)CC1)C1=Cc2cnc3cccc(n23)S1. The Hall–Kier alpha value is -2.77. The summed E-state index contributed by atoms with van der Waals surface area (Å²) in [6.45, 7) is 2.16. The Labute approximate surface area is 202 Å². The lowest BCUT2D eigenvalue weighted by molar-refractivity contribution is -0.116. The number of aromatic nitrogens is 2. The zero-order chi connectivity index (χ0) is 22.8. The van der Waals surface area contributed by atoms with Crippen LogP contribution in [-0.4, -0.2) is 45.7 Å². The van der Waals surface area contributed by atoms with E-state index in [1.54, 1.807) is 18.3 Å². The zero-order valence-electron chi connectivity index (χ0n) is 18.2. The molecule has 1 saturated heterocycles. The van der Waals surface area contributed by atoms with Crippen molar-refractivity contribution in [3.8, 4) is 0 Å². The zero-order valence-corrected chi connectivity index (χ0v) is 19.7. The second kappa shape index (κ2) is 9.61. The number of piperidine rings is 1. The van der Waals surface area contributed by atoms with Gasteiger partial charge in [0.2, 0.25) is 0 Å². The number of likely N-dealkylation sites (tertiary alicyclic amines) is 1. The average Bonchev–Trinajstić information content (AvgIpc) is 3.26. The van der Waals surface area contributed by atoms with Crippen LogP contribution in [0, 0.1) is 5.92 Å². The highest BCUT2D eigenvalue weighted by Gasteiger charge is 2.25. The lowest BCUT2D eigenvalue weighted by Crippen LogP contribution is -2.38. The fourth-order valence-electron chi connectivity index (χ4n) is 4.51. The molecule has 0 spiro atoms. The van der Waals surface area contributed by atoms with Crippen molar-refractivity contribution in [2.24, 2.45) is 5.92 Å². The van der Waals surface area contributed by atoms with Crippen molar-refractivity contribution in [1.82, 2.24) is 19.6 Å². The Bertz CT molecular complexity index is 1230. The minimum atomic E-state index is -0.0374. The van der Waals surface area contributed by atoms with Crippen LogP contribution in [0.4, 0.5) is 0 Å². The van der Waals surface area contributed by atoms with Crippen molar-refractivity contribution in [3.63, 3.8) is 0 Å². The first-order chi connectivity index (χ1) is 16.1. The van der Waals surface area contributed by atoms with E-state index in [1.807, 2.05) is 41.3 Å². The number of pyridine rings is 1. The number of thioether (sulfide) groups is 1. The van der Waals surface area contributed by atoms with Gasteiger partial charge in [-0.2, -0.15) is 0 Å². The number of carbonyl (C=O) groups excluding carboxylic acids is 2. The van der Waals surface area contributed by atoms with E-state index in [9.17, 15) is 9.59 Å². The van der Waals surface area contributed by atoms with E-state index >= 15 is 0 Å². The van der Waals surface area contributed by atoms with E-state index in [0.717, 1.165) is 55.1 Å². The summed E-state index contributed by atoms with van der Waals surface area (Å²) in [6, 6.07) is 13.2. The van der Waals surface area contributed by atoms with Crippen LogP contribution in [0.25, 0.3) is 11.7 Å². The van der Waals surface area contributed by atoms with E-state index in [0.29, 0.717) is 28.0 Å². The Kier molecular flexibility index (Phi) is 6.42. The number of rotatable bonds is 6. The summed E-state index contributed by atoms with van der Waals surface area (Å²) in [4.78, 5) is 32.4. The molecule has 170 valence electrons. The van der Waals surface area contributed by atoms with Crippen LogP contribution in [0.15, 0.2) is 58.6 Å². The maximum atomic E-state index is 12.7. The summed E-state index contributed by atoms with van der Waals surface area (Å²) >= 11 is 7.66. The first-order valence-electron chi connectivity index (χ1n) is 11.3. The van der Waals surface area contributed by atoms with Crippen LogP contribution in [0.3, 0.4) is 0 Å². The summed E-state index contributed by atoms with van der Waals surface area (Å²) < 4.78 is 2.06. The highest BCUT2D eigenvalue weighted by molar-refractivity contribution is 8.04. The molecule has 2 aliphatic rings. The van der Waals surface area contributed by atoms with Crippen LogP contribution in [0.5, 0.6) is 0 Å². The third kappa shape index (κ3) is 4.66. The number of imidazole rings is 1. The van der Waals surface area contributed by atoms with Crippen molar-refractivity contribution < 1.29 is 9.59 Å². The molecule has 5 rings (SSSR count). The molecule has 6 nitrogen and oxygen atoms in total. The quantitative estimate of drug-likeness (QED) is 0.510. The largest absolute Gasteiger partial charge is 0.352 e. The second-order valence-corrected chi connectivity index (χ2v) is 9.93. The molecule has 0 radical (unpaired) electrons. The van der Waals surface area contributed by atoms with Gasteiger partial charge < -0.3 is 10.2 Å². The van der Waals surface area contributed by atoms with Gasteiger partial charge in [-0.05, 0) is 61.9 Å². The second-order valence-electron chi connectivity index (χ2n) is 8.46. The van der Waals surface area contributed by atoms with Crippen LogP contribution >= 0.6 is 23.4 Å². The number of halogens is 1. The van der Waals surface area contributed by atoms with Gasteiger partial charge in [0.1, 0.15) is 5.65 Å². The van der Waals surface area contributed by atoms with E-state index in [4.69, 9.17) is 11.6 Å². The van der Waals surface area contributed by atoms with Crippen LogP contribution in [-0.2, 0) is 4.79 Å². The summed E-state index contributed by atoms with van der Waals surface area (Å²) in [7, 11) is 0. The fourth-order valence-corrected chi connectivity index (χ4v) is 5.73. The van der Waals surface area contributed by atoms with Gasteiger partial charge in [-0.15, -0.1) is 0 Å². The lowest BCUT2D eigenvalue weighted by Gasteiger charge is -2.32. The Balaban J connectivity index is 1.06. The molecular weight excluding hydrogens is 456 g/mol. The molecule has 0 atom stereocenters. The van der Waals surface area contributed by atoms with Crippen molar-refractivity contribution >= 4 is 46.9 Å². The maximum Gasteiger partial charge on any atom is 0.258 e. The monoisotopic (exact) mass is 480 g/mol. The Morgan fingerprint density at radius 3 is 2.76 bits per heavy atom. The minimum absolute atomic E-state index is 0.0154. The van der Waals surface area contributed by atoms with E-state index in [2.05, 4.69) is 14.7 Å². The fraction of sp³-hybridized carbons (Fsp3) is 0.320. The molecule has 1 aromatic carbocycles. The summed E-state index contributed by atoms with van der Waals surface area (Å²) in [5, 5.41) is 4.58. The Morgan fingerprint density at radius 2 is 1.94 bits per heavy atom. The molecule has 8 heteroatoms. The van der Waals surface area contributed by atoms with Gasteiger partial charge in [0, 0.05) is 19.6 Å². The first-order valence-corrected chi connectivity index (χ1v) is 12.5. The number of nitrogens with zero attached hydrogens (tertiary/aromatic N) is 3. The number of carbonyl (C=O) groups is 2. The highest BCUT2D eigenvalue weighted by atomic mass is 35.5. The van der Waals surface area contributed by atoms with Crippen LogP contribution in [0.2, 0.25) is 5.02 Å². The molecule has 1 N–H and O–H groups in total. The number of hydrogen-bond donors (Lipinski definition) is 1. The number of hydrogen-bond acceptors (Lipinski definition) is 4. The van der Waals surface area contributed by atoms with E-state index in [1.165, 1.54) is 11.8 Å². The topological polar surface area (TPSA) is 66.7 Å². The van der Waals surface area contributed by atoms with E-state index < -0.39 is 0 Å². The molecule has 0 unspecified atom stereocenters. The summed E-state index contributed by atoms with van der Waals surface area (Å²) in [5.74, 6) is 0.554. The maximum absolute atomic E-state index is 12.7. The molecule has 4 heterocycles. The molecule has 33 heavy (non-hydrogen) atoms. The molecular formula is C25H25ClN4O2S. The third-order valence-corrected chi connectivity index (χ3v) is 7.70. The standard InChI is InChI=1S/C25H25ClN4O2S/c26-20-7-2-1-6-19(20)25(32)29-13-10-17(11-14-29)5-4-12-27-24(31)21-15-18-16-28-22-8-3-9-23(33-21)30(18)22/h1-3,6-9,15-17H,4-5,10-14H2,(H,27,31). The van der Waals surface area contributed by atoms with E-state index in [-0.39, 0.29) is 11.8 Å². The van der Waals surface area contributed by atoms with Gasteiger partial charge in [-0.3, -0.25) is 14.0 Å². The number of nitrogens with one attached hydrogen (secondary N) is 1. The van der Waals surface area contributed by atoms with Crippen LogP contribution in [0.1, 0.15) is 41.7 Å². The van der Waals surface area contributed by atoms with Gasteiger partial charge >= 0.3 is 0 Å². The van der Waals surface area contributed by atoms with Crippen molar-refractivity contribution in [1.29, 1.82) is 0 Å². The lowest BCUT2D eigenvalue weighted by atomic mass is 9.92. The van der Waals surface area contributed by atoms with Crippen LogP contribution < -0.4 is 5.32 Å². The average molecular weight is 481 g/mol. The van der Waals surface area contributed by atoms with Crippen molar-refractivity contribution in [3.05, 3.63) is 69.8 Å². The minimum Gasteiger partial charge on any atom is -0.352 e. The first kappa shape index (κ1) is 22.0. The van der Waals surface area contributed by atoms with Gasteiger partial charge in [0.05, 0.1) is 32.4 Å². The molecule has 0 aliphatic carbocycles. The predicted octanol–water partition coefficient (Wildman–Crippen LogP) is 4.88. The van der Waals surface area contributed by atoms with Crippen molar-refractivity contribution in [2.45, 2.75) is 30.7 Å². The third-order valence-electron chi connectivity index (χ3n) is 6.32. The molecule has 1 fully saturated rings. The van der Waals surface area contributed by atoms with Crippen molar-refractivity contribution in [2.75, 3.05) is 19.6 Å². The number of amides is 2. The van der Waals surface area contributed by atoms with Gasteiger partial charge in [0.15, 0.2) is 0 Å². The molecule has 2 amide bonds. The van der Waals surface area contributed by atoms with Gasteiger partial charge in [-0.25, -0.2) is 4.98 Å². The highest BCUT2D eigenvalue weighted by Crippen LogP contribution is 2.34. The smallest absolute Gasteiger partial charge is 0.258 e. The molecule has 3 aromatic rings. The summed E-state index contributed by atoms with van der Waals surface area (Å²) in [6.07, 6.45) is 7.65. The van der Waals surface area contributed by atoms with Gasteiger partial charge in [-0.1, -0.05) is 41.6 Å². The molecule has 0 saturated carbocycles. The normalized spacial score (nSPS) is 16.0. The predicted molar refractivity (Wildman–Crippen MR) is 131 cm³/mol. The molecule has 2 aromatic heterocycles. The number of benzene rings is 1.